The minimum absolute atomic E-state index is 0.102. The Kier molecular flexibility index (Phi) is 7.55. The standard InChI is InChI=1S/C55H39NO/c1-55(2)46-26-9-6-21-44(46)53-43(25-14-27-47(53)55)42-20-7-10-28-48(42)56(49-29-15-31-51-54(49)45-22-8-11-30-50(45)57-51)39-34-32-37(33-35-39)41-24-13-19-38-18-12-23-40(52(38)41)36-16-4-3-5-17-36/h3-35H,1-2H3. The first kappa shape index (κ1) is 33.2. The predicted octanol–water partition coefficient (Wildman–Crippen LogP) is 15.5. The van der Waals surface area contributed by atoms with Gasteiger partial charge in [-0.25, -0.2) is 0 Å². The quantitative estimate of drug-likeness (QED) is 0.169. The SMILES string of the molecule is CC1(C)c2ccccc2-c2c(-c3ccccc3N(c3ccc(-c4cccc5cccc(-c6ccccc6)c45)cc3)c3cccc4oc5ccccc5c34)cccc21. The van der Waals surface area contributed by atoms with E-state index in [2.05, 4.69) is 213 Å². The summed E-state index contributed by atoms with van der Waals surface area (Å²) >= 11 is 0. The molecule has 0 saturated carbocycles. The lowest BCUT2D eigenvalue weighted by molar-refractivity contribution is 0.660. The maximum absolute atomic E-state index is 6.49. The topological polar surface area (TPSA) is 16.4 Å². The summed E-state index contributed by atoms with van der Waals surface area (Å²) in [6, 6.07) is 72.6. The maximum Gasteiger partial charge on any atom is 0.137 e. The lowest BCUT2D eigenvalue weighted by Gasteiger charge is -2.29. The van der Waals surface area contributed by atoms with Crippen molar-refractivity contribution in [3.05, 3.63) is 211 Å². The van der Waals surface area contributed by atoms with Gasteiger partial charge in [-0.05, 0) is 97.2 Å². The van der Waals surface area contributed by atoms with E-state index in [0.717, 1.165) is 39.0 Å². The van der Waals surface area contributed by atoms with Gasteiger partial charge in [0.25, 0.3) is 0 Å². The molecule has 0 saturated heterocycles. The molecule has 0 unspecified atom stereocenters. The first-order chi connectivity index (χ1) is 28.1. The van der Waals surface area contributed by atoms with E-state index in [1.807, 2.05) is 6.07 Å². The van der Waals surface area contributed by atoms with Gasteiger partial charge in [0.1, 0.15) is 11.2 Å². The van der Waals surface area contributed by atoms with Crippen molar-refractivity contribution in [2.75, 3.05) is 4.90 Å². The molecule has 0 spiro atoms. The number of nitrogens with zero attached hydrogens (tertiary/aromatic N) is 1. The van der Waals surface area contributed by atoms with E-state index in [1.54, 1.807) is 0 Å². The van der Waals surface area contributed by atoms with Crippen LogP contribution in [0.1, 0.15) is 25.0 Å². The third-order valence-electron chi connectivity index (χ3n) is 12.1. The van der Waals surface area contributed by atoms with Crippen molar-refractivity contribution in [2.45, 2.75) is 19.3 Å². The molecule has 0 amide bonds. The second-order valence-corrected chi connectivity index (χ2v) is 15.6. The fraction of sp³-hybridized carbons (Fsp3) is 0.0545. The monoisotopic (exact) mass is 729 g/mol. The molecule has 10 aromatic rings. The third kappa shape index (κ3) is 5.18. The predicted molar refractivity (Wildman–Crippen MR) is 240 cm³/mol. The molecule has 1 heterocycles. The highest BCUT2D eigenvalue weighted by molar-refractivity contribution is 6.14. The first-order valence-corrected chi connectivity index (χ1v) is 19.8. The average molecular weight is 730 g/mol. The highest BCUT2D eigenvalue weighted by Gasteiger charge is 2.37. The highest BCUT2D eigenvalue weighted by Crippen LogP contribution is 2.54. The Labute approximate surface area is 332 Å². The Hall–Kier alpha value is -7.16. The van der Waals surface area contributed by atoms with E-state index in [9.17, 15) is 0 Å². The molecule has 9 aromatic carbocycles. The highest BCUT2D eigenvalue weighted by atomic mass is 16.3. The van der Waals surface area contributed by atoms with Crippen LogP contribution in [0.15, 0.2) is 205 Å². The van der Waals surface area contributed by atoms with Crippen molar-refractivity contribution in [1.29, 1.82) is 0 Å². The number of hydrogen-bond donors (Lipinski definition) is 0. The molecule has 0 aliphatic heterocycles. The molecule has 2 heteroatoms. The van der Waals surface area contributed by atoms with Crippen LogP contribution in [0.25, 0.3) is 77.2 Å². The summed E-state index contributed by atoms with van der Waals surface area (Å²) in [6.07, 6.45) is 0. The van der Waals surface area contributed by atoms with Crippen LogP contribution in [0.4, 0.5) is 17.1 Å². The summed E-state index contributed by atoms with van der Waals surface area (Å²) < 4.78 is 6.49. The molecule has 1 aliphatic carbocycles. The lowest BCUT2D eigenvalue weighted by atomic mass is 9.82. The minimum atomic E-state index is -0.102. The zero-order valence-electron chi connectivity index (χ0n) is 31.9. The van der Waals surface area contributed by atoms with Crippen LogP contribution >= 0.6 is 0 Å². The first-order valence-electron chi connectivity index (χ1n) is 19.8. The van der Waals surface area contributed by atoms with Gasteiger partial charge in [0.2, 0.25) is 0 Å². The van der Waals surface area contributed by atoms with Crippen LogP contribution in [0, 0.1) is 0 Å². The van der Waals surface area contributed by atoms with Crippen molar-refractivity contribution in [1.82, 2.24) is 0 Å². The molecule has 270 valence electrons. The molecule has 2 nitrogen and oxygen atoms in total. The van der Waals surface area contributed by atoms with Crippen LogP contribution < -0.4 is 4.90 Å². The summed E-state index contributed by atoms with van der Waals surface area (Å²) in [4.78, 5) is 2.44. The van der Waals surface area contributed by atoms with Gasteiger partial charge >= 0.3 is 0 Å². The van der Waals surface area contributed by atoms with Crippen molar-refractivity contribution in [3.8, 4) is 44.5 Å². The fourth-order valence-corrected chi connectivity index (χ4v) is 9.46. The van der Waals surface area contributed by atoms with E-state index in [1.165, 1.54) is 66.4 Å². The number of anilines is 3. The van der Waals surface area contributed by atoms with Gasteiger partial charge in [-0.2, -0.15) is 0 Å². The Morgan fingerprint density at radius 1 is 0.386 bits per heavy atom. The summed E-state index contributed by atoms with van der Waals surface area (Å²) in [6.45, 7) is 4.70. The average Bonchev–Trinajstić information content (AvgIpc) is 3.77. The van der Waals surface area contributed by atoms with E-state index >= 15 is 0 Å². The van der Waals surface area contributed by atoms with Gasteiger partial charge in [-0.3, -0.25) is 0 Å². The number of furan rings is 1. The zero-order valence-corrected chi connectivity index (χ0v) is 31.9. The zero-order chi connectivity index (χ0) is 38.1. The van der Waals surface area contributed by atoms with E-state index < -0.39 is 0 Å². The summed E-state index contributed by atoms with van der Waals surface area (Å²) in [7, 11) is 0. The summed E-state index contributed by atoms with van der Waals surface area (Å²) in [5, 5.41) is 4.69. The second kappa shape index (κ2) is 13.0. The van der Waals surface area contributed by atoms with Gasteiger partial charge in [-0.1, -0.05) is 178 Å². The number of benzene rings is 9. The molecule has 0 atom stereocenters. The number of fused-ring (bicyclic) bond motifs is 7. The van der Waals surface area contributed by atoms with Crippen molar-refractivity contribution < 1.29 is 4.42 Å². The molecule has 1 aromatic heterocycles. The van der Waals surface area contributed by atoms with Crippen molar-refractivity contribution in [2.24, 2.45) is 0 Å². The molecular formula is C55H39NO. The second-order valence-electron chi connectivity index (χ2n) is 15.6. The molecule has 11 rings (SSSR count). The van der Waals surface area contributed by atoms with Crippen LogP contribution in [0.5, 0.6) is 0 Å². The van der Waals surface area contributed by atoms with Crippen molar-refractivity contribution >= 4 is 49.8 Å². The van der Waals surface area contributed by atoms with Crippen LogP contribution in [-0.2, 0) is 5.41 Å². The summed E-state index contributed by atoms with van der Waals surface area (Å²) in [5.74, 6) is 0. The largest absolute Gasteiger partial charge is 0.456 e. The Bertz CT molecular complexity index is 3150. The van der Waals surface area contributed by atoms with Crippen LogP contribution in [0.2, 0.25) is 0 Å². The Morgan fingerprint density at radius 2 is 0.947 bits per heavy atom. The number of hydrogen-bond acceptors (Lipinski definition) is 2. The van der Waals surface area contributed by atoms with Gasteiger partial charge in [0.15, 0.2) is 0 Å². The smallest absolute Gasteiger partial charge is 0.137 e. The molecular weight excluding hydrogens is 691 g/mol. The van der Waals surface area contributed by atoms with E-state index in [-0.39, 0.29) is 5.41 Å². The molecule has 57 heavy (non-hydrogen) atoms. The van der Waals surface area contributed by atoms with Gasteiger partial charge in [-0.15, -0.1) is 0 Å². The maximum atomic E-state index is 6.49. The number of rotatable bonds is 6. The number of para-hydroxylation sites is 2. The van der Waals surface area contributed by atoms with Crippen LogP contribution in [-0.4, -0.2) is 0 Å². The molecule has 0 N–H and O–H groups in total. The molecule has 1 aliphatic rings. The van der Waals surface area contributed by atoms with Crippen molar-refractivity contribution in [3.63, 3.8) is 0 Å². The van der Waals surface area contributed by atoms with Gasteiger partial charge in [0, 0.05) is 22.1 Å². The van der Waals surface area contributed by atoms with Gasteiger partial charge in [0.05, 0.1) is 16.8 Å². The normalized spacial score (nSPS) is 12.9. The molecule has 0 bridgehead atoms. The lowest BCUT2D eigenvalue weighted by Crippen LogP contribution is -2.15. The fourth-order valence-electron chi connectivity index (χ4n) is 9.46. The molecule has 0 fully saturated rings. The Balaban J connectivity index is 1.14. The Morgan fingerprint density at radius 3 is 1.75 bits per heavy atom. The third-order valence-corrected chi connectivity index (χ3v) is 12.1. The summed E-state index contributed by atoms with van der Waals surface area (Å²) in [5.41, 5.74) is 17.5. The van der Waals surface area contributed by atoms with Gasteiger partial charge < -0.3 is 9.32 Å². The van der Waals surface area contributed by atoms with Crippen LogP contribution in [0.3, 0.4) is 0 Å². The molecule has 0 radical (unpaired) electrons. The van der Waals surface area contributed by atoms with E-state index in [4.69, 9.17) is 4.42 Å². The van der Waals surface area contributed by atoms with E-state index in [0.29, 0.717) is 0 Å². The minimum Gasteiger partial charge on any atom is -0.456 e.